The summed E-state index contributed by atoms with van der Waals surface area (Å²) >= 11 is 0. The summed E-state index contributed by atoms with van der Waals surface area (Å²) in [5.41, 5.74) is 1.44. The number of carbonyl (C=O) groups excluding carboxylic acids is 1. The minimum atomic E-state index is -0.0558. The molecule has 0 heterocycles. The van der Waals surface area contributed by atoms with E-state index in [1.54, 1.807) is 6.07 Å². The van der Waals surface area contributed by atoms with Crippen molar-refractivity contribution in [2.75, 3.05) is 6.61 Å². The Morgan fingerprint density at radius 3 is 2.73 bits per heavy atom. The highest BCUT2D eigenvalue weighted by Gasteiger charge is 2.01. The molecular weight excluding hydrogens is 192 g/mol. The average Bonchev–Trinajstić information content (AvgIpc) is 2.17. The first-order valence-corrected chi connectivity index (χ1v) is 4.68. The molecule has 0 aliphatic heterocycles. The van der Waals surface area contributed by atoms with Crippen LogP contribution in [0, 0.1) is 0 Å². The second kappa shape index (κ2) is 5.20. The van der Waals surface area contributed by atoms with Gasteiger partial charge in [0.1, 0.15) is 18.1 Å². The molecule has 0 amide bonds. The highest BCUT2D eigenvalue weighted by molar-refractivity contribution is 5.79. The molecule has 3 nitrogen and oxygen atoms in total. The van der Waals surface area contributed by atoms with Gasteiger partial charge in [0.05, 0.1) is 5.56 Å². The van der Waals surface area contributed by atoms with E-state index < -0.39 is 0 Å². The van der Waals surface area contributed by atoms with E-state index in [0.29, 0.717) is 18.6 Å². The van der Waals surface area contributed by atoms with Crippen LogP contribution in [0.25, 0.3) is 0 Å². The molecule has 1 aromatic rings. The molecule has 3 heteroatoms. The third-order valence-electron chi connectivity index (χ3n) is 1.87. The molecule has 0 atom stereocenters. The average molecular weight is 206 g/mol. The van der Waals surface area contributed by atoms with Gasteiger partial charge in [-0.2, -0.15) is 0 Å². The molecule has 0 bridgehead atoms. The molecule has 80 valence electrons. The molecule has 0 unspecified atom stereocenters. The van der Waals surface area contributed by atoms with Crippen LogP contribution in [-0.2, 0) is 0 Å². The van der Waals surface area contributed by atoms with E-state index in [4.69, 9.17) is 4.74 Å². The Balaban J connectivity index is 2.67. The van der Waals surface area contributed by atoms with Crippen molar-refractivity contribution in [1.29, 1.82) is 0 Å². The molecular formula is C12H14O3. The van der Waals surface area contributed by atoms with Crippen molar-refractivity contribution in [3.8, 4) is 11.5 Å². The summed E-state index contributed by atoms with van der Waals surface area (Å²) in [4.78, 5) is 10.4. The fourth-order valence-corrected chi connectivity index (χ4v) is 1.02. The van der Waals surface area contributed by atoms with E-state index in [0.717, 1.165) is 0 Å². The molecule has 0 aliphatic carbocycles. The van der Waals surface area contributed by atoms with E-state index in [1.165, 1.54) is 17.7 Å². The van der Waals surface area contributed by atoms with Crippen LogP contribution < -0.4 is 4.74 Å². The second-order valence-electron chi connectivity index (χ2n) is 3.43. The third-order valence-corrected chi connectivity index (χ3v) is 1.87. The maximum absolute atomic E-state index is 10.4. The number of aldehydes is 1. The lowest BCUT2D eigenvalue weighted by Gasteiger charge is -2.04. The molecule has 1 N–H and O–H groups in total. The largest absolute Gasteiger partial charge is 0.507 e. The summed E-state index contributed by atoms with van der Waals surface area (Å²) in [7, 11) is 0. The summed E-state index contributed by atoms with van der Waals surface area (Å²) in [6, 6.07) is 4.62. The predicted octanol–water partition coefficient (Wildman–Crippen LogP) is 2.55. The van der Waals surface area contributed by atoms with Gasteiger partial charge in [-0.25, -0.2) is 0 Å². The maximum atomic E-state index is 10.4. The SMILES string of the molecule is CC(C)=CCOc1ccc(C=O)c(O)c1. The van der Waals surface area contributed by atoms with E-state index >= 15 is 0 Å². The standard InChI is InChI=1S/C12H14O3/c1-9(2)5-6-15-11-4-3-10(8-13)12(14)7-11/h3-5,7-8,14H,6H2,1-2H3. The molecule has 0 radical (unpaired) electrons. The summed E-state index contributed by atoms with van der Waals surface area (Å²) in [6.07, 6.45) is 2.54. The van der Waals surface area contributed by atoms with E-state index in [9.17, 15) is 9.90 Å². The first kappa shape index (κ1) is 11.3. The Morgan fingerprint density at radius 1 is 1.47 bits per heavy atom. The number of phenols is 1. The van der Waals surface area contributed by atoms with Crippen LogP contribution in [0.15, 0.2) is 29.8 Å². The highest BCUT2D eigenvalue weighted by atomic mass is 16.5. The zero-order valence-electron chi connectivity index (χ0n) is 8.86. The van der Waals surface area contributed by atoms with E-state index in [2.05, 4.69) is 0 Å². The van der Waals surface area contributed by atoms with Gasteiger partial charge in [0.15, 0.2) is 6.29 Å². The smallest absolute Gasteiger partial charge is 0.153 e. The Kier molecular flexibility index (Phi) is 3.92. The van der Waals surface area contributed by atoms with Crippen LogP contribution in [0.1, 0.15) is 24.2 Å². The quantitative estimate of drug-likeness (QED) is 0.608. The van der Waals surface area contributed by atoms with Gasteiger partial charge in [-0.1, -0.05) is 5.57 Å². The van der Waals surface area contributed by atoms with Gasteiger partial charge >= 0.3 is 0 Å². The fourth-order valence-electron chi connectivity index (χ4n) is 1.02. The van der Waals surface area contributed by atoms with Crippen molar-refractivity contribution in [3.05, 3.63) is 35.4 Å². The lowest BCUT2D eigenvalue weighted by atomic mass is 10.2. The van der Waals surface area contributed by atoms with Crippen LogP contribution in [0.4, 0.5) is 0 Å². The minimum Gasteiger partial charge on any atom is -0.507 e. The molecule has 1 aromatic carbocycles. The highest BCUT2D eigenvalue weighted by Crippen LogP contribution is 2.22. The topological polar surface area (TPSA) is 46.5 Å². The number of ether oxygens (including phenoxy) is 1. The molecule has 0 aromatic heterocycles. The first-order chi connectivity index (χ1) is 7.13. The monoisotopic (exact) mass is 206 g/mol. The number of benzene rings is 1. The Labute approximate surface area is 89.0 Å². The number of hydrogen-bond donors (Lipinski definition) is 1. The minimum absolute atomic E-state index is 0.0558. The van der Waals surface area contributed by atoms with Crippen LogP contribution in [0.2, 0.25) is 0 Å². The van der Waals surface area contributed by atoms with Gasteiger partial charge < -0.3 is 9.84 Å². The number of hydrogen-bond acceptors (Lipinski definition) is 3. The fraction of sp³-hybridized carbons (Fsp3) is 0.250. The first-order valence-electron chi connectivity index (χ1n) is 4.68. The maximum Gasteiger partial charge on any atom is 0.153 e. The Bertz CT molecular complexity index is 376. The lowest BCUT2D eigenvalue weighted by molar-refractivity contribution is 0.112. The molecule has 0 fully saturated rings. The summed E-state index contributed by atoms with van der Waals surface area (Å²) in [6.45, 7) is 4.43. The number of aromatic hydroxyl groups is 1. The molecule has 1 rings (SSSR count). The zero-order valence-corrected chi connectivity index (χ0v) is 8.86. The number of phenolic OH excluding ortho intramolecular Hbond substituents is 1. The molecule has 0 saturated carbocycles. The van der Waals surface area contributed by atoms with Gasteiger partial charge in [-0.15, -0.1) is 0 Å². The second-order valence-corrected chi connectivity index (χ2v) is 3.43. The molecule has 0 spiro atoms. The van der Waals surface area contributed by atoms with Gasteiger partial charge in [0, 0.05) is 6.07 Å². The lowest BCUT2D eigenvalue weighted by Crippen LogP contribution is -1.94. The zero-order chi connectivity index (χ0) is 11.3. The van der Waals surface area contributed by atoms with Crippen molar-refractivity contribution in [2.24, 2.45) is 0 Å². The van der Waals surface area contributed by atoms with E-state index in [1.807, 2.05) is 19.9 Å². The summed E-state index contributed by atoms with van der Waals surface area (Å²) in [5.74, 6) is 0.496. The molecule has 0 aliphatic rings. The third kappa shape index (κ3) is 3.46. The van der Waals surface area contributed by atoms with Gasteiger partial charge in [0.2, 0.25) is 0 Å². The number of carbonyl (C=O) groups is 1. The van der Waals surface area contributed by atoms with Crippen molar-refractivity contribution in [1.82, 2.24) is 0 Å². The molecule has 15 heavy (non-hydrogen) atoms. The van der Waals surface area contributed by atoms with Crippen LogP contribution in [0.3, 0.4) is 0 Å². The van der Waals surface area contributed by atoms with Crippen LogP contribution >= 0.6 is 0 Å². The molecule has 0 saturated heterocycles. The van der Waals surface area contributed by atoms with Gasteiger partial charge in [0.25, 0.3) is 0 Å². The van der Waals surface area contributed by atoms with Crippen LogP contribution in [0.5, 0.6) is 11.5 Å². The summed E-state index contributed by atoms with van der Waals surface area (Å²) in [5, 5.41) is 9.37. The van der Waals surface area contributed by atoms with Gasteiger partial charge in [-0.05, 0) is 32.1 Å². The Hall–Kier alpha value is -1.77. The van der Waals surface area contributed by atoms with Gasteiger partial charge in [-0.3, -0.25) is 4.79 Å². The van der Waals surface area contributed by atoms with Crippen molar-refractivity contribution >= 4 is 6.29 Å². The van der Waals surface area contributed by atoms with E-state index in [-0.39, 0.29) is 11.3 Å². The summed E-state index contributed by atoms with van der Waals surface area (Å²) < 4.78 is 5.34. The van der Waals surface area contributed by atoms with Crippen molar-refractivity contribution in [3.63, 3.8) is 0 Å². The number of rotatable bonds is 4. The predicted molar refractivity (Wildman–Crippen MR) is 58.4 cm³/mol. The van der Waals surface area contributed by atoms with Crippen molar-refractivity contribution in [2.45, 2.75) is 13.8 Å². The Morgan fingerprint density at radius 2 is 2.20 bits per heavy atom. The number of allylic oxidation sites excluding steroid dienone is 1. The van der Waals surface area contributed by atoms with Crippen LogP contribution in [-0.4, -0.2) is 18.0 Å². The van der Waals surface area contributed by atoms with Crippen molar-refractivity contribution < 1.29 is 14.6 Å². The normalized spacial score (nSPS) is 9.47.